The van der Waals surface area contributed by atoms with Gasteiger partial charge in [0.25, 0.3) is 0 Å². The van der Waals surface area contributed by atoms with Crippen LogP contribution in [0.5, 0.6) is 5.75 Å². The van der Waals surface area contributed by atoms with E-state index < -0.39 is 0 Å². The summed E-state index contributed by atoms with van der Waals surface area (Å²) < 4.78 is 5.51. The predicted molar refractivity (Wildman–Crippen MR) is 74.9 cm³/mol. The summed E-state index contributed by atoms with van der Waals surface area (Å²) in [5.74, 6) is 0.922. The monoisotopic (exact) mass is 233 g/mol. The lowest BCUT2D eigenvalue weighted by Gasteiger charge is -2.28. The average molecular weight is 233 g/mol. The van der Waals surface area contributed by atoms with Crippen LogP contribution in [0.3, 0.4) is 0 Å². The van der Waals surface area contributed by atoms with E-state index in [0.717, 1.165) is 11.3 Å². The fourth-order valence-electron chi connectivity index (χ4n) is 1.92. The number of benzene rings is 1. The molecule has 0 fully saturated rings. The Morgan fingerprint density at radius 2 is 1.47 bits per heavy atom. The Hall–Kier alpha value is -0.980. The van der Waals surface area contributed by atoms with Gasteiger partial charge in [0.2, 0.25) is 0 Å². The number of rotatable bonds is 1. The van der Waals surface area contributed by atoms with E-state index in [1.54, 1.807) is 7.11 Å². The minimum absolute atomic E-state index is 0.0685. The molecule has 17 heavy (non-hydrogen) atoms. The van der Waals surface area contributed by atoms with Crippen LogP contribution in [-0.2, 0) is 10.8 Å². The van der Waals surface area contributed by atoms with E-state index in [0.29, 0.717) is 0 Å². The van der Waals surface area contributed by atoms with Crippen molar-refractivity contribution in [1.82, 2.24) is 0 Å². The first kappa shape index (κ1) is 14.1. The molecule has 0 heterocycles. The summed E-state index contributed by atoms with van der Waals surface area (Å²) in [6.07, 6.45) is 0. The summed E-state index contributed by atoms with van der Waals surface area (Å²) >= 11 is 0. The summed E-state index contributed by atoms with van der Waals surface area (Å²) in [5, 5.41) is 0. The fraction of sp³-hybridized carbons (Fsp3) is 0.562. The number of hydrogen-bond acceptors (Lipinski definition) is 1. The first-order valence-electron chi connectivity index (χ1n) is 6.12. The van der Waals surface area contributed by atoms with Gasteiger partial charge in [-0.25, -0.2) is 0 Å². The van der Waals surface area contributed by atoms with E-state index >= 15 is 0 Å². The summed E-state index contributed by atoms with van der Waals surface area (Å²) in [6.45, 7) is 17.4. The van der Waals surface area contributed by atoms with E-state index in [-0.39, 0.29) is 10.8 Å². The Morgan fingerprint density at radius 3 is 1.82 bits per heavy atom. The van der Waals surface area contributed by atoms with Crippen LogP contribution in [-0.4, -0.2) is 7.11 Å². The normalized spacial score (nSPS) is 12.7. The van der Waals surface area contributed by atoms with Gasteiger partial charge in [-0.2, -0.15) is 0 Å². The summed E-state index contributed by atoms with van der Waals surface area (Å²) in [7, 11) is 1.72. The van der Waals surface area contributed by atoms with Crippen molar-refractivity contribution >= 4 is 0 Å². The van der Waals surface area contributed by atoms with Crippen LogP contribution < -0.4 is 4.74 Å². The zero-order chi connectivity index (χ0) is 13.4. The second-order valence-electron chi connectivity index (χ2n) is 6.72. The van der Waals surface area contributed by atoms with E-state index in [9.17, 15) is 0 Å². The molecule has 1 radical (unpaired) electrons. The van der Waals surface area contributed by atoms with E-state index in [4.69, 9.17) is 4.74 Å². The molecule has 1 aromatic rings. The highest BCUT2D eigenvalue weighted by molar-refractivity contribution is 5.50. The van der Waals surface area contributed by atoms with Gasteiger partial charge in [-0.05, 0) is 28.9 Å². The Bertz CT molecular complexity index is 403. The minimum Gasteiger partial charge on any atom is -0.496 e. The Labute approximate surface area is 106 Å². The highest BCUT2D eigenvalue weighted by atomic mass is 16.5. The smallest absolute Gasteiger partial charge is 0.125 e. The van der Waals surface area contributed by atoms with Crippen LogP contribution in [0.1, 0.15) is 58.2 Å². The lowest BCUT2D eigenvalue weighted by molar-refractivity contribution is 0.395. The third-order valence-electron chi connectivity index (χ3n) is 3.04. The highest BCUT2D eigenvalue weighted by Gasteiger charge is 2.24. The van der Waals surface area contributed by atoms with Crippen molar-refractivity contribution in [2.75, 3.05) is 7.11 Å². The largest absolute Gasteiger partial charge is 0.496 e. The van der Waals surface area contributed by atoms with Gasteiger partial charge in [-0.1, -0.05) is 53.7 Å². The highest BCUT2D eigenvalue weighted by Crippen LogP contribution is 2.37. The first-order chi connectivity index (χ1) is 7.57. The van der Waals surface area contributed by atoms with Gasteiger partial charge in [-0.15, -0.1) is 0 Å². The number of hydrogen-bond donors (Lipinski definition) is 0. The molecule has 1 nitrogen and oxygen atoms in total. The fourth-order valence-corrected chi connectivity index (χ4v) is 1.92. The molecule has 1 heteroatoms. The minimum atomic E-state index is 0.0685. The SMILES string of the molecule is [CH2]c1cc(C(C)(C)C)cc(C(C)(C)C)c1OC. The molecule has 1 rings (SSSR count). The van der Waals surface area contributed by atoms with Crippen molar-refractivity contribution in [3.8, 4) is 5.75 Å². The number of ether oxygens (including phenoxy) is 1. The lowest BCUT2D eigenvalue weighted by Crippen LogP contribution is -2.18. The molecule has 0 aliphatic rings. The third kappa shape index (κ3) is 3.02. The summed E-state index contributed by atoms with van der Waals surface area (Å²) in [6, 6.07) is 4.39. The second-order valence-corrected chi connectivity index (χ2v) is 6.72. The Balaban J connectivity index is 3.51. The molecule has 0 unspecified atom stereocenters. The van der Waals surface area contributed by atoms with Gasteiger partial charge in [0, 0.05) is 5.56 Å². The summed E-state index contributed by atoms with van der Waals surface area (Å²) in [4.78, 5) is 0. The number of methoxy groups -OCH3 is 1. The zero-order valence-electron chi connectivity index (χ0n) is 12.3. The lowest BCUT2D eigenvalue weighted by atomic mass is 9.79. The molecular formula is C16H25O. The second kappa shape index (κ2) is 4.36. The molecule has 0 aliphatic heterocycles. The average Bonchev–Trinajstić information content (AvgIpc) is 2.13. The van der Waals surface area contributed by atoms with Crippen molar-refractivity contribution in [1.29, 1.82) is 0 Å². The maximum atomic E-state index is 5.51. The molecule has 0 aromatic heterocycles. The van der Waals surface area contributed by atoms with Gasteiger partial charge >= 0.3 is 0 Å². The topological polar surface area (TPSA) is 9.23 Å². The zero-order valence-corrected chi connectivity index (χ0v) is 12.3. The van der Waals surface area contributed by atoms with Crippen LogP contribution in [0.15, 0.2) is 12.1 Å². The molecule has 0 N–H and O–H groups in total. The maximum Gasteiger partial charge on any atom is 0.125 e. The van der Waals surface area contributed by atoms with Gasteiger partial charge in [0.15, 0.2) is 0 Å². The first-order valence-corrected chi connectivity index (χ1v) is 6.12. The van der Waals surface area contributed by atoms with Crippen LogP contribution in [0, 0.1) is 6.92 Å². The molecule has 0 saturated carbocycles. The van der Waals surface area contributed by atoms with Crippen molar-refractivity contribution in [3.63, 3.8) is 0 Å². The molecule has 1 aromatic carbocycles. The van der Waals surface area contributed by atoms with Crippen molar-refractivity contribution in [2.24, 2.45) is 0 Å². The Morgan fingerprint density at radius 1 is 0.941 bits per heavy atom. The standard InChI is InChI=1S/C16H25O/c1-11-9-12(15(2,3)4)10-13(14(11)17-8)16(5,6)7/h9-10H,1H2,2-8H3. The molecule has 95 valence electrons. The molecule has 0 bridgehead atoms. The Kier molecular flexibility index (Phi) is 3.61. The van der Waals surface area contributed by atoms with Crippen LogP contribution in [0.4, 0.5) is 0 Å². The molecule has 0 spiro atoms. The van der Waals surface area contributed by atoms with Gasteiger partial charge in [0.05, 0.1) is 7.11 Å². The van der Waals surface area contributed by atoms with Crippen molar-refractivity contribution in [3.05, 3.63) is 35.7 Å². The van der Waals surface area contributed by atoms with Crippen LogP contribution >= 0.6 is 0 Å². The molecule has 0 aliphatic carbocycles. The van der Waals surface area contributed by atoms with E-state index in [1.807, 2.05) is 0 Å². The quantitative estimate of drug-likeness (QED) is 0.695. The van der Waals surface area contributed by atoms with Gasteiger partial charge < -0.3 is 4.74 Å². The van der Waals surface area contributed by atoms with E-state index in [2.05, 4.69) is 60.6 Å². The van der Waals surface area contributed by atoms with Crippen molar-refractivity contribution in [2.45, 2.75) is 52.4 Å². The molecule has 0 amide bonds. The summed E-state index contributed by atoms with van der Waals surface area (Å²) in [5.41, 5.74) is 3.73. The van der Waals surface area contributed by atoms with Gasteiger partial charge in [0.1, 0.15) is 5.75 Å². The van der Waals surface area contributed by atoms with Crippen LogP contribution in [0.2, 0.25) is 0 Å². The third-order valence-corrected chi connectivity index (χ3v) is 3.04. The molecule has 0 saturated heterocycles. The molecule has 0 atom stereocenters. The molecular weight excluding hydrogens is 208 g/mol. The van der Waals surface area contributed by atoms with Crippen LogP contribution in [0.25, 0.3) is 0 Å². The van der Waals surface area contributed by atoms with Crippen molar-refractivity contribution < 1.29 is 4.74 Å². The van der Waals surface area contributed by atoms with E-state index in [1.165, 1.54) is 11.1 Å². The van der Waals surface area contributed by atoms with Gasteiger partial charge in [-0.3, -0.25) is 0 Å². The maximum absolute atomic E-state index is 5.51. The predicted octanol–water partition coefficient (Wildman–Crippen LogP) is 4.47.